The molecule has 1 aromatic carbocycles. The Morgan fingerprint density at radius 3 is 2.47 bits per heavy atom. The maximum absolute atomic E-state index is 5.99. The standard InChI is InChI=1S/C16H26N2O/c1-12(2)19-15-8-6-14(7-9-15)16(11-17)18-10-4-5-13(18)3/h6-9,12-13,16H,4-5,10-11,17H2,1-3H3. The van der Waals surface area contributed by atoms with Crippen LogP contribution in [0, 0.1) is 0 Å². The molecule has 1 aliphatic rings. The molecule has 2 N–H and O–H groups in total. The Bertz CT molecular complexity index is 388. The fourth-order valence-corrected chi connectivity index (χ4v) is 2.92. The molecule has 0 aliphatic carbocycles. The Balaban J connectivity index is 2.10. The SMILES string of the molecule is CC(C)Oc1ccc(C(CN)N2CCCC2C)cc1. The lowest BCUT2D eigenvalue weighted by atomic mass is 10.0. The summed E-state index contributed by atoms with van der Waals surface area (Å²) in [6.45, 7) is 8.22. The van der Waals surface area contributed by atoms with Crippen molar-refractivity contribution < 1.29 is 4.74 Å². The molecule has 1 heterocycles. The molecule has 2 atom stereocenters. The molecule has 2 unspecified atom stereocenters. The molecule has 0 bridgehead atoms. The van der Waals surface area contributed by atoms with Gasteiger partial charge in [0.15, 0.2) is 0 Å². The van der Waals surface area contributed by atoms with E-state index < -0.39 is 0 Å². The molecule has 1 saturated heterocycles. The quantitative estimate of drug-likeness (QED) is 0.886. The first kappa shape index (κ1) is 14.4. The summed E-state index contributed by atoms with van der Waals surface area (Å²) in [6, 6.07) is 9.39. The van der Waals surface area contributed by atoms with Gasteiger partial charge in [-0.05, 0) is 57.9 Å². The molecule has 0 radical (unpaired) electrons. The molecule has 3 nitrogen and oxygen atoms in total. The average Bonchev–Trinajstić information content (AvgIpc) is 2.78. The van der Waals surface area contributed by atoms with Gasteiger partial charge < -0.3 is 10.5 Å². The molecule has 0 saturated carbocycles. The highest BCUT2D eigenvalue weighted by Crippen LogP contribution is 2.29. The van der Waals surface area contributed by atoms with E-state index >= 15 is 0 Å². The van der Waals surface area contributed by atoms with E-state index in [4.69, 9.17) is 10.5 Å². The number of hydrogen-bond donors (Lipinski definition) is 1. The van der Waals surface area contributed by atoms with Gasteiger partial charge in [0.1, 0.15) is 5.75 Å². The summed E-state index contributed by atoms with van der Waals surface area (Å²) in [5.41, 5.74) is 7.29. The monoisotopic (exact) mass is 262 g/mol. The van der Waals surface area contributed by atoms with Gasteiger partial charge >= 0.3 is 0 Å². The topological polar surface area (TPSA) is 38.5 Å². The zero-order chi connectivity index (χ0) is 13.8. The van der Waals surface area contributed by atoms with Crippen molar-refractivity contribution >= 4 is 0 Å². The number of nitrogens with two attached hydrogens (primary N) is 1. The van der Waals surface area contributed by atoms with Gasteiger partial charge in [-0.25, -0.2) is 0 Å². The van der Waals surface area contributed by atoms with E-state index in [-0.39, 0.29) is 6.10 Å². The third-order valence-electron chi connectivity index (χ3n) is 3.86. The van der Waals surface area contributed by atoms with Crippen LogP contribution in [0.4, 0.5) is 0 Å². The zero-order valence-electron chi connectivity index (χ0n) is 12.3. The Morgan fingerprint density at radius 2 is 2.00 bits per heavy atom. The molecule has 1 aromatic rings. The van der Waals surface area contributed by atoms with Crippen molar-refractivity contribution in [2.24, 2.45) is 5.73 Å². The summed E-state index contributed by atoms with van der Waals surface area (Å²) in [7, 11) is 0. The summed E-state index contributed by atoms with van der Waals surface area (Å²) in [5.74, 6) is 0.934. The zero-order valence-corrected chi connectivity index (χ0v) is 12.3. The summed E-state index contributed by atoms with van der Waals surface area (Å²) in [4.78, 5) is 2.53. The molecule has 19 heavy (non-hydrogen) atoms. The smallest absolute Gasteiger partial charge is 0.119 e. The van der Waals surface area contributed by atoms with Gasteiger partial charge in [0.25, 0.3) is 0 Å². The maximum atomic E-state index is 5.99. The number of rotatable bonds is 5. The first-order chi connectivity index (χ1) is 9.11. The Morgan fingerprint density at radius 1 is 1.32 bits per heavy atom. The molecule has 1 aliphatic heterocycles. The first-order valence-corrected chi connectivity index (χ1v) is 7.34. The third kappa shape index (κ3) is 3.48. The Hall–Kier alpha value is -1.06. The molecular weight excluding hydrogens is 236 g/mol. The van der Waals surface area contributed by atoms with Crippen molar-refractivity contribution in [3.8, 4) is 5.75 Å². The second-order valence-electron chi connectivity index (χ2n) is 5.72. The van der Waals surface area contributed by atoms with Crippen LogP contribution >= 0.6 is 0 Å². The lowest BCUT2D eigenvalue weighted by Crippen LogP contribution is -2.35. The van der Waals surface area contributed by atoms with Crippen LogP contribution in [-0.2, 0) is 0 Å². The Kier molecular flexibility index (Phi) is 4.83. The van der Waals surface area contributed by atoms with Crippen LogP contribution < -0.4 is 10.5 Å². The van der Waals surface area contributed by atoms with Crippen molar-refractivity contribution in [2.75, 3.05) is 13.1 Å². The second kappa shape index (κ2) is 6.40. The van der Waals surface area contributed by atoms with Crippen LogP contribution in [0.15, 0.2) is 24.3 Å². The summed E-state index contributed by atoms with van der Waals surface area (Å²) in [6.07, 6.45) is 2.78. The minimum absolute atomic E-state index is 0.217. The van der Waals surface area contributed by atoms with Crippen LogP contribution in [0.1, 0.15) is 45.2 Å². The second-order valence-corrected chi connectivity index (χ2v) is 5.72. The van der Waals surface area contributed by atoms with Crippen molar-refractivity contribution in [1.82, 2.24) is 4.90 Å². The van der Waals surface area contributed by atoms with Crippen LogP contribution in [0.5, 0.6) is 5.75 Å². The average molecular weight is 262 g/mol. The van der Waals surface area contributed by atoms with Crippen LogP contribution in [-0.4, -0.2) is 30.1 Å². The van der Waals surface area contributed by atoms with E-state index in [0.29, 0.717) is 18.6 Å². The van der Waals surface area contributed by atoms with Crippen molar-refractivity contribution in [3.63, 3.8) is 0 Å². The van der Waals surface area contributed by atoms with E-state index in [0.717, 1.165) is 12.3 Å². The van der Waals surface area contributed by atoms with E-state index in [9.17, 15) is 0 Å². The van der Waals surface area contributed by atoms with Gasteiger partial charge in [-0.15, -0.1) is 0 Å². The largest absolute Gasteiger partial charge is 0.491 e. The highest BCUT2D eigenvalue weighted by atomic mass is 16.5. The maximum Gasteiger partial charge on any atom is 0.119 e. The fourth-order valence-electron chi connectivity index (χ4n) is 2.92. The lowest BCUT2D eigenvalue weighted by Gasteiger charge is -2.31. The van der Waals surface area contributed by atoms with Crippen molar-refractivity contribution in [2.45, 2.75) is 51.8 Å². The predicted octanol–water partition coefficient (Wildman–Crippen LogP) is 2.96. The van der Waals surface area contributed by atoms with Gasteiger partial charge in [0.05, 0.1) is 6.10 Å². The van der Waals surface area contributed by atoms with Gasteiger partial charge in [-0.2, -0.15) is 0 Å². The van der Waals surface area contributed by atoms with Gasteiger partial charge in [-0.1, -0.05) is 12.1 Å². The van der Waals surface area contributed by atoms with Crippen LogP contribution in [0.25, 0.3) is 0 Å². The molecule has 0 amide bonds. The summed E-state index contributed by atoms with van der Waals surface area (Å²) < 4.78 is 5.68. The molecule has 3 heteroatoms. The third-order valence-corrected chi connectivity index (χ3v) is 3.86. The van der Waals surface area contributed by atoms with E-state index in [2.05, 4.69) is 36.1 Å². The summed E-state index contributed by atoms with van der Waals surface area (Å²) in [5, 5.41) is 0. The molecule has 1 fully saturated rings. The fraction of sp³-hybridized carbons (Fsp3) is 0.625. The lowest BCUT2D eigenvalue weighted by molar-refractivity contribution is 0.195. The molecular formula is C16H26N2O. The Labute approximate surface area is 116 Å². The number of hydrogen-bond acceptors (Lipinski definition) is 3. The van der Waals surface area contributed by atoms with Gasteiger partial charge in [0.2, 0.25) is 0 Å². The molecule has 0 aromatic heterocycles. The van der Waals surface area contributed by atoms with Crippen LogP contribution in [0.2, 0.25) is 0 Å². The number of benzene rings is 1. The van der Waals surface area contributed by atoms with Gasteiger partial charge in [-0.3, -0.25) is 4.90 Å². The number of likely N-dealkylation sites (tertiary alicyclic amines) is 1. The van der Waals surface area contributed by atoms with Gasteiger partial charge in [0, 0.05) is 18.6 Å². The van der Waals surface area contributed by atoms with Crippen LogP contribution in [0.3, 0.4) is 0 Å². The highest BCUT2D eigenvalue weighted by molar-refractivity contribution is 5.29. The minimum atomic E-state index is 0.217. The molecule has 2 rings (SSSR count). The van der Waals surface area contributed by atoms with Crippen molar-refractivity contribution in [3.05, 3.63) is 29.8 Å². The van der Waals surface area contributed by atoms with Crippen molar-refractivity contribution in [1.29, 1.82) is 0 Å². The van der Waals surface area contributed by atoms with E-state index in [1.54, 1.807) is 0 Å². The normalized spacial score (nSPS) is 21.8. The minimum Gasteiger partial charge on any atom is -0.491 e. The van der Waals surface area contributed by atoms with E-state index in [1.165, 1.54) is 18.4 Å². The van der Waals surface area contributed by atoms with E-state index in [1.807, 2.05) is 13.8 Å². The highest BCUT2D eigenvalue weighted by Gasteiger charge is 2.27. The number of ether oxygens (including phenoxy) is 1. The molecule has 106 valence electrons. The molecule has 0 spiro atoms. The first-order valence-electron chi connectivity index (χ1n) is 7.34. The predicted molar refractivity (Wildman–Crippen MR) is 79.4 cm³/mol. The summed E-state index contributed by atoms with van der Waals surface area (Å²) >= 11 is 0. The number of nitrogens with zero attached hydrogens (tertiary/aromatic N) is 1.